The van der Waals surface area contributed by atoms with Gasteiger partial charge in [-0.25, -0.2) is 0 Å². The molecule has 0 aromatic carbocycles. The third-order valence-corrected chi connectivity index (χ3v) is 4.55. The number of hydrogen-bond acceptors (Lipinski definition) is 4. The van der Waals surface area contributed by atoms with Crippen molar-refractivity contribution in [2.24, 2.45) is 5.73 Å². The lowest BCUT2D eigenvalue weighted by Gasteiger charge is -2.03. The molecule has 2 aromatic heterocycles. The molecule has 0 fully saturated rings. The van der Waals surface area contributed by atoms with Crippen LogP contribution in [0.15, 0.2) is 28.9 Å². The van der Waals surface area contributed by atoms with Crippen molar-refractivity contribution in [1.29, 1.82) is 0 Å². The summed E-state index contributed by atoms with van der Waals surface area (Å²) in [6, 6.07) is 3.49. The number of fused-ring (bicyclic) bond motifs is 1. The van der Waals surface area contributed by atoms with Crippen molar-refractivity contribution in [3.63, 3.8) is 0 Å². The number of primary amides is 1. The Labute approximate surface area is 125 Å². The third-order valence-electron chi connectivity index (χ3n) is 3.35. The molecule has 3 N–H and O–H groups in total. The molecule has 1 aliphatic rings. The number of aryl methyl sites for hydroxylation is 1. The topological polar surface area (TPSA) is 85.3 Å². The lowest BCUT2D eigenvalue weighted by molar-refractivity contribution is -0.111. The van der Waals surface area contributed by atoms with Crippen LogP contribution >= 0.6 is 11.3 Å². The second-order valence-corrected chi connectivity index (χ2v) is 5.87. The monoisotopic (exact) mass is 302 g/mol. The van der Waals surface area contributed by atoms with Crippen molar-refractivity contribution in [2.75, 3.05) is 5.32 Å². The van der Waals surface area contributed by atoms with Gasteiger partial charge in [0.05, 0.1) is 11.8 Å². The van der Waals surface area contributed by atoms with Crippen LogP contribution in [-0.4, -0.2) is 11.8 Å². The molecule has 0 saturated carbocycles. The van der Waals surface area contributed by atoms with E-state index in [2.05, 4.69) is 5.32 Å². The van der Waals surface area contributed by atoms with Gasteiger partial charge in [-0.05, 0) is 43.0 Å². The molecular formula is C15H14N2O3S. The Morgan fingerprint density at radius 1 is 1.38 bits per heavy atom. The van der Waals surface area contributed by atoms with Crippen molar-refractivity contribution < 1.29 is 14.0 Å². The fourth-order valence-electron chi connectivity index (χ4n) is 2.45. The van der Waals surface area contributed by atoms with Gasteiger partial charge in [-0.1, -0.05) is 0 Å². The Morgan fingerprint density at radius 3 is 2.95 bits per heavy atom. The van der Waals surface area contributed by atoms with Crippen molar-refractivity contribution in [1.82, 2.24) is 0 Å². The van der Waals surface area contributed by atoms with Gasteiger partial charge in [0.2, 0.25) is 5.91 Å². The van der Waals surface area contributed by atoms with Gasteiger partial charge < -0.3 is 15.5 Å². The first-order valence-corrected chi connectivity index (χ1v) is 7.43. The van der Waals surface area contributed by atoms with Crippen LogP contribution in [0.2, 0.25) is 0 Å². The van der Waals surface area contributed by atoms with E-state index in [4.69, 9.17) is 10.2 Å². The van der Waals surface area contributed by atoms with Crippen LogP contribution in [0.1, 0.15) is 33.0 Å². The summed E-state index contributed by atoms with van der Waals surface area (Å²) in [5, 5.41) is 3.28. The van der Waals surface area contributed by atoms with E-state index in [1.165, 1.54) is 23.7 Å². The summed E-state index contributed by atoms with van der Waals surface area (Å²) in [6.07, 6.45) is 7.30. The average Bonchev–Trinajstić information content (AvgIpc) is 3.11. The van der Waals surface area contributed by atoms with E-state index >= 15 is 0 Å². The molecule has 2 heterocycles. The summed E-state index contributed by atoms with van der Waals surface area (Å²) in [5.74, 6) is -0.206. The molecule has 0 radical (unpaired) electrons. The van der Waals surface area contributed by atoms with Gasteiger partial charge in [0.25, 0.3) is 5.91 Å². The SMILES string of the molecule is NC(=O)c1c(NC(=O)/C=C/c2ccco2)sc2c1CCC2. The summed E-state index contributed by atoms with van der Waals surface area (Å²) in [4.78, 5) is 24.7. The van der Waals surface area contributed by atoms with Gasteiger partial charge in [-0.3, -0.25) is 9.59 Å². The average molecular weight is 302 g/mol. The minimum Gasteiger partial charge on any atom is -0.465 e. The Morgan fingerprint density at radius 2 is 2.24 bits per heavy atom. The van der Waals surface area contributed by atoms with Gasteiger partial charge >= 0.3 is 0 Å². The molecule has 0 aliphatic heterocycles. The standard InChI is InChI=1S/C15H14N2O3S/c16-14(19)13-10-4-1-5-11(10)21-15(13)17-12(18)7-6-9-3-2-8-20-9/h2-3,6-8H,1,4-5H2,(H2,16,19)(H,17,18)/b7-6+. The molecule has 0 unspecified atom stereocenters. The van der Waals surface area contributed by atoms with Crippen LogP contribution in [0.25, 0.3) is 6.08 Å². The summed E-state index contributed by atoms with van der Waals surface area (Å²) >= 11 is 1.44. The highest BCUT2D eigenvalue weighted by Crippen LogP contribution is 2.38. The van der Waals surface area contributed by atoms with E-state index in [1.807, 2.05) is 0 Å². The number of nitrogens with one attached hydrogen (secondary N) is 1. The first-order valence-electron chi connectivity index (χ1n) is 6.62. The smallest absolute Gasteiger partial charge is 0.251 e. The normalized spacial score (nSPS) is 13.5. The second-order valence-electron chi connectivity index (χ2n) is 4.76. The molecule has 5 nitrogen and oxygen atoms in total. The zero-order valence-electron chi connectivity index (χ0n) is 11.2. The Hall–Kier alpha value is -2.34. The quantitative estimate of drug-likeness (QED) is 0.851. The number of nitrogens with two attached hydrogens (primary N) is 1. The van der Waals surface area contributed by atoms with E-state index in [0.29, 0.717) is 16.3 Å². The van der Waals surface area contributed by atoms with Crippen LogP contribution in [0.5, 0.6) is 0 Å². The summed E-state index contributed by atoms with van der Waals surface area (Å²) in [5.41, 5.74) is 6.91. The maximum absolute atomic E-state index is 11.9. The maximum atomic E-state index is 11.9. The molecule has 2 aromatic rings. The highest BCUT2D eigenvalue weighted by molar-refractivity contribution is 7.17. The van der Waals surface area contributed by atoms with Crippen molar-refractivity contribution >= 4 is 34.2 Å². The molecule has 1 aliphatic carbocycles. The molecule has 0 spiro atoms. The van der Waals surface area contributed by atoms with Crippen molar-refractivity contribution in [2.45, 2.75) is 19.3 Å². The molecule has 0 bridgehead atoms. The number of carbonyl (C=O) groups is 2. The summed E-state index contributed by atoms with van der Waals surface area (Å²) in [6.45, 7) is 0. The Kier molecular flexibility index (Phi) is 3.62. The lowest BCUT2D eigenvalue weighted by atomic mass is 10.1. The zero-order chi connectivity index (χ0) is 14.8. The van der Waals surface area contributed by atoms with E-state index in [1.54, 1.807) is 18.2 Å². The van der Waals surface area contributed by atoms with Crippen LogP contribution in [-0.2, 0) is 17.6 Å². The number of thiophene rings is 1. The van der Waals surface area contributed by atoms with Gasteiger partial charge in [0, 0.05) is 11.0 Å². The molecule has 0 saturated heterocycles. The largest absolute Gasteiger partial charge is 0.465 e. The molecule has 108 valence electrons. The van der Waals surface area contributed by atoms with Crippen LogP contribution in [0.3, 0.4) is 0 Å². The number of hydrogen-bond donors (Lipinski definition) is 2. The number of carbonyl (C=O) groups excluding carboxylic acids is 2. The van der Waals surface area contributed by atoms with Gasteiger partial charge in [-0.2, -0.15) is 0 Å². The number of rotatable bonds is 4. The van der Waals surface area contributed by atoms with E-state index in [-0.39, 0.29) is 5.91 Å². The lowest BCUT2D eigenvalue weighted by Crippen LogP contribution is -2.16. The van der Waals surface area contributed by atoms with Crippen molar-refractivity contribution in [3.05, 3.63) is 46.2 Å². The molecular weight excluding hydrogens is 288 g/mol. The molecule has 2 amide bonds. The first-order chi connectivity index (χ1) is 10.1. The number of furan rings is 1. The van der Waals surface area contributed by atoms with E-state index < -0.39 is 5.91 Å². The highest BCUT2D eigenvalue weighted by Gasteiger charge is 2.25. The first kappa shape index (κ1) is 13.6. The number of anilines is 1. The molecule has 0 atom stereocenters. The highest BCUT2D eigenvalue weighted by atomic mass is 32.1. The molecule has 6 heteroatoms. The van der Waals surface area contributed by atoms with E-state index in [0.717, 1.165) is 29.7 Å². The number of amides is 2. The summed E-state index contributed by atoms with van der Waals surface area (Å²) in [7, 11) is 0. The minimum absolute atomic E-state index is 0.311. The fourth-order valence-corrected chi connectivity index (χ4v) is 3.75. The Balaban J connectivity index is 1.79. The molecule has 21 heavy (non-hydrogen) atoms. The predicted octanol–water partition coefficient (Wildman–Crippen LogP) is 2.58. The predicted molar refractivity (Wildman–Crippen MR) is 81.2 cm³/mol. The minimum atomic E-state index is -0.486. The maximum Gasteiger partial charge on any atom is 0.251 e. The summed E-state index contributed by atoms with van der Waals surface area (Å²) < 4.78 is 5.11. The van der Waals surface area contributed by atoms with Gasteiger partial charge in [0.15, 0.2) is 0 Å². The van der Waals surface area contributed by atoms with Crippen LogP contribution in [0, 0.1) is 0 Å². The third kappa shape index (κ3) is 2.75. The van der Waals surface area contributed by atoms with E-state index in [9.17, 15) is 9.59 Å². The van der Waals surface area contributed by atoms with Crippen molar-refractivity contribution in [3.8, 4) is 0 Å². The van der Waals surface area contributed by atoms with Crippen LogP contribution < -0.4 is 11.1 Å². The van der Waals surface area contributed by atoms with Gasteiger partial charge in [0.1, 0.15) is 10.8 Å². The Bertz CT molecular complexity index is 714. The second kappa shape index (κ2) is 5.57. The zero-order valence-corrected chi connectivity index (χ0v) is 12.0. The fraction of sp³-hybridized carbons (Fsp3) is 0.200. The van der Waals surface area contributed by atoms with Gasteiger partial charge in [-0.15, -0.1) is 11.3 Å². The van der Waals surface area contributed by atoms with Crippen LogP contribution in [0.4, 0.5) is 5.00 Å². The molecule has 3 rings (SSSR count).